The molecule has 0 heterocycles. The Kier molecular flexibility index (Phi) is 7.04. The van der Waals surface area contributed by atoms with Crippen LogP contribution in [0.4, 0.5) is 0 Å². The largest absolute Gasteiger partial charge is 0.493 e. The molecule has 2 rings (SSSR count). The molecule has 1 atom stereocenters. The van der Waals surface area contributed by atoms with Crippen LogP contribution < -0.4 is 14.8 Å². The molecule has 0 fully saturated rings. The van der Waals surface area contributed by atoms with Crippen LogP contribution >= 0.6 is 0 Å². The Bertz CT molecular complexity index is 943. The lowest BCUT2D eigenvalue weighted by atomic mass is 10.0. The standard InChI is InChI=1S/C20H26N2O5S/c1-14-8-6-7-9-17(14)15(2)21-20(23)13-22(3)28(24,25)16-10-11-18(26-4)19(12-16)27-5/h6-12,15H,13H2,1-5H3,(H,21,23)/t15-/m0/s1. The monoisotopic (exact) mass is 406 g/mol. The Morgan fingerprint density at radius 3 is 2.36 bits per heavy atom. The van der Waals surface area contributed by atoms with Gasteiger partial charge in [-0.15, -0.1) is 0 Å². The average Bonchev–Trinajstić information content (AvgIpc) is 2.67. The zero-order valence-corrected chi connectivity index (χ0v) is 17.5. The number of carbonyl (C=O) groups excluding carboxylic acids is 1. The number of nitrogens with one attached hydrogen (secondary N) is 1. The first-order valence-electron chi connectivity index (χ1n) is 8.74. The van der Waals surface area contributed by atoms with E-state index >= 15 is 0 Å². The van der Waals surface area contributed by atoms with E-state index in [1.807, 2.05) is 38.1 Å². The predicted molar refractivity (Wildman–Crippen MR) is 107 cm³/mol. The number of methoxy groups -OCH3 is 2. The third kappa shape index (κ3) is 4.82. The highest BCUT2D eigenvalue weighted by atomic mass is 32.2. The van der Waals surface area contributed by atoms with Crippen LogP contribution in [0.3, 0.4) is 0 Å². The molecule has 0 saturated carbocycles. The van der Waals surface area contributed by atoms with Gasteiger partial charge in [0.1, 0.15) is 0 Å². The van der Waals surface area contributed by atoms with Gasteiger partial charge >= 0.3 is 0 Å². The molecule has 1 N–H and O–H groups in total. The average molecular weight is 407 g/mol. The van der Waals surface area contributed by atoms with Gasteiger partial charge in [0.25, 0.3) is 0 Å². The van der Waals surface area contributed by atoms with E-state index in [0.717, 1.165) is 15.4 Å². The number of carbonyl (C=O) groups is 1. The van der Waals surface area contributed by atoms with Gasteiger partial charge in [-0.25, -0.2) is 8.42 Å². The Morgan fingerprint density at radius 1 is 1.11 bits per heavy atom. The molecule has 8 heteroatoms. The number of likely N-dealkylation sites (N-methyl/N-ethyl adjacent to an activating group) is 1. The van der Waals surface area contributed by atoms with E-state index in [2.05, 4.69) is 5.32 Å². The van der Waals surface area contributed by atoms with Crippen molar-refractivity contribution in [2.24, 2.45) is 0 Å². The Hall–Kier alpha value is -2.58. The molecular weight excluding hydrogens is 380 g/mol. The SMILES string of the molecule is COc1ccc(S(=O)(=O)N(C)CC(=O)N[C@@H](C)c2ccccc2C)cc1OC. The predicted octanol–water partition coefficient (Wildman–Crippen LogP) is 2.51. The summed E-state index contributed by atoms with van der Waals surface area (Å²) in [6, 6.07) is 11.8. The van der Waals surface area contributed by atoms with Crippen molar-refractivity contribution >= 4 is 15.9 Å². The number of hydrogen-bond acceptors (Lipinski definition) is 5. The first kappa shape index (κ1) is 21.7. The maximum atomic E-state index is 12.8. The molecule has 1 amide bonds. The molecule has 0 bridgehead atoms. The van der Waals surface area contributed by atoms with Gasteiger partial charge < -0.3 is 14.8 Å². The highest BCUT2D eigenvalue weighted by Crippen LogP contribution is 2.30. The summed E-state index contributed by atoms with van der Waals surface area (Å²) in [5, 5.41) is 2.84. The van der Waals surface area contributed by atoms with Gasteiger partial charge in [0.2, 0.25) is 15.9 Å². The fourth-order valence-corrected chi connectivity index (χ4v) is 4.02. The molecule has 0 unspecified atom stereocenters. The molecule has 0 aliphatic rings. The number of aryl methyl sites for hydroxylation is 1. The molecule has 7 nitrogen and oxygen atoms in total. The van der Waals surface area contributed by atoms with Crippen LogP contribution in [0.1, 0.15) is 24.1 Å². The van der Waals surface area contributed by atoms with E-state index in [1.165, 1.54) is 39.5 Å². The number of hydrogen-bond donors (Lipinski definition) is 1. The number of amides is 1. The highest BCUT2D eigenvalue weighted by molar-refractivity contribution is 7.89. The molecule has 2 aromatic rings. The minimum atomic E-state index is -3.86. The summed E-state index contributed by atoms with van der Waals surface area (Å²) < 4.78 is 36.9. The normalized spacial score (nSPS) is 12.5. The van der Waals surface area contributed by atoms with Crippen LogP contribution in [0, 0.1) is 6.92 Å². The molecule has 0 saturated heterocycles. The van der Waals surface area contributed by atoms with Gasteiger partial charge in [0.05, 0.1) is 31.7 Å². The number of ether oxygens (including phenoxy) is 2. The summed E-state index contributed by atoms with van der Waals surface area (Å²) in [4.78, 5) is 12.4. The third-order valence-electron chi connectivity index (χ3n) is 4.46. The summed E-state index contributed by atoms with van der Waals surface area (Å²) >= 11 is 0. The Morgan fingerprint density at radius 2 is 1.75 bits per heavy atom. The van der Waals surface area contributed by atoms with Crippen LogP contribution in [0.25, 0.3) is 0 Å². The molecule has 0 radical (unpaired) electrons. The van der Waals surface area contributed by atoms with Gasteiger partial charge in [0, 0.05) is 13.1 Å². The van der Waals surface area contributed by atoms with Crippen molar-refractivity contribution < 1.29 is 22.7 Å². The van der Waals surface area contributed by atoms with Crippen molar-refractivity contribution in [3.63, 3.8) is 0 Å². The Labute approximate surface area is 166 Å². The minimum Gasteiger partial charge on any atom is -0.493 e. The van der Waals surface area contributed by atoms with E-state index < -0.39 is 10.0 Å². The van der Waals surface area contributed by atoms with E-state index in [4.69, 9.17) is 9.47 Å². The summed E-state index contributed by atoms with van der Waals surface area (Å²) in [5.41, 5.74) is 2.04. The topological polar surface area (TPSA) is 84.9 Å². The van der Waals surface area contributed by atoms with Gasteiger partial charge in [-0.05, 0) is 37.1 Å². The quantitative estimate of drug-likeness (QED) is 0.728. The molecule has 28 heavy (non-hydrogen) atoms. The zero-order chi connectivity index (χ0) is 20.9. The van der Waals surface area contributed by atoms with Crippen LogP contribution in [0.2, 0.25) is 0 Å². The molecule has 0 aromatic heterocycles. The second kappa shape index (κ2) is 9.07. The van der Waals surface area contributed by atoms with Crippen LogP contribution in [-0.2, 0) is 14.8 Å². The minimum absolute atomic E-state index is 0.0207. The molecule has 0 aliphatic carbocycles. The van der Waals surface area contributed by atoms with Crippen LogP contribution in [0.15, 0.2) is 47.4 Å². The summed E-state index contributed by atoms with van der Waals surface area (Å²) in [6.45, 7) is 3.53. The fourth-order valence-electron chi connectivity index (χ4n) is 2.88. The summed E-state index contributed by atoms with van der Waals surface area (Å²) in [5.74, 6) is 0.339. The first-order chi connectivity index (χ1) is 13.2. The van der Waals surface area contributed by atoms with Crippen molar-refractivity contribution in [1.82, 2.24) is 9.62 Å². The van der Waals surface area contributed by atoms with E-state index in [1.54, 1.807) is 0 Å². The van der Waals surface area contributed by atoms with Crippen molar-refractivity contribution in [2.75, 3.05) is 27.8 Å². The number of rotatable bonds is 8. The molecule has 0 aliphatic heterocycles. The summed E-state index contributed by atoms with van der Waals surface area (Å²) in [7, 11) is 0.401. The van der Waals surface area contributed by atoms with Gasteiger partial charge in [0.15, 0.2) is 11.5 Å². The first-order valence-corrected chi connectivity index (χ1v) is 10.2. The van der Waals surface area contributed by atoms with Crippen molar-refractivity contribution in [2.45, 2.75) is 24.8 Å². The lowest BCUT2D eigenvalue weighted by molar-refractivity contribution is -0.121. The maximum absolute atomic E-state index is 12.8. The lowest BCUT2D eigenvalue weighted by Crippen LogP contribution is -2.39. The van der Waals surface area contributed by atoms with Crippen LogP contribution in [0.5, 0.6) is 11.5 Å². The van der Waals surface area contributed by atoms with Crippen molar-refractivity contribution in [1.29, 1.82) is 0 Å². The zero-order valence-electron chi connectivity index (χ0n) is 16.7. The molecule has 2 aromatic carbocycles. The van der Waals surface area contributed by atoms with Gasteiger partial charge in [-0.1, -0.05) is 24.3 Å². The Balaban J connectivity index is 2.11. The van der Waals surface area contributed by atoms with Crippen molar-refractivity contribution in [3.05, 3.63) is 53.6 Å². The number of nitrogens with zero attached hydrogens (tertiary/aromatic N) is 1. The van der Waals surface area contributed by atoms with E-state index in [-0.39, 0.29) is 23.4 Å². The van der Waals surface area contributed by atoms with Crippen molar-refractivity contribution in [3.8, 4) is 11.5 Å². The highest BCUT2D eigenvalue weighted by Gasteiger charge is 2.25. The number of benzene rings is 2. The molecular formula is C20H26N2O5S. The molecule has 152 valence electrons. The second-order valence-electron chi connectivity index (χ2n) is 6.42. The number of sulfonamides is 1. The smallest absolute Gasteiger partial charge is 0.243 e. The van der Waals surface area contributed by atoms with E-state index in [0.29, 0.717) is 11.5 Å². The van der Waals surface area contributed by atoms with Gasteiger partial charge in [-0.2, -0.15) is 4.31 Å². The maximum Gasteiger partial charge on any atom is 0.243 e. The van der Waals surface area contributed by atoms with Gasteiger partial charge in [-0.3, -0.25) is 4.79 Å². The second-order valence-corrected chi connectivity index (χ2v) is 8.47. The van der Waals surface area contributed by atoms with Crippen LogP contribution in [-0.4, -0.2) is 46.4 Å². The summed E-state index contributed by atoms with van der Waals surface area (Å²) in [6.07, 6.45) is 0. The lowest BCUT2D eigenvalue weighted by Gasteiger charge is -2.20. The molecule has 0 spiro atoms. The van der Waals surface area contributed by atoms with E-state index in [9.17, 15) is 13.2 Å². The third-order valence-corrected chi connectivity index (χ3v) is 6.26. The fraction of sp³-hybridized carbons (Fsp3) is 0.350.